The van der Waals surface area contributed by atoms with E-state index in [-0.39, 0.29) is 21.8 Å². The highest BCUT2D eigenvalue weighted by atomic mass is 35.5. The van der Waals surface area contributed by atoms with Gasteiger partial charge in [-0.2, -0.15) is 0 Å². The van der Waals surface area contributed by atoms with Crippen molar-refractivity contribution in [2.45, 2.75) is 19.9 Å². The van der Waals surface area contributed by atoms with Gasteiger partial charge in [-0.05, 0) is 43.7 Å². The third kappa shape index (κ3) is 2.90. The van der Waals surface area contributed by atoms with Gasteiger partial charge in [-0.3, -0.25) is 0 Å². The predicted molar refractivity (Wildman–Crippen MR) is 74.5 cm³/mol. The molecule has 0 saturated carbocycles. The summed E-state index contributed by atoms with van der Waals surface area (Å²) in [6.07, 6.45) is 0. The number of hydrogen-bond acceptors (Lipinski definition) is 1. The summed E-state index contributed by atoms with van der Waals surface area (Å²) in [6.45, 7) is 3.09. The van der Waals surface area contributed by atoms with Gasteiger partial charge in [0, 0.05) is 5.56 Å². The van der Waals surface area contributed by atoms with Crippen molar-refractivity contribution in [3.05, 3.63) is 63.9 Å². The molecular formula is C15H13ClF3N. The quantitative estimate of drug-likeness (QED) is 0.817. The van der Waals surface area contributed by atoms with Crippen molar-refractivity contribution in [3.8, 4) is 0 Å². The second kappa shape index (κ2) is 5.75. The van der Waals surface area contributed by atoms with Crippen LogP contribution in [0.4, 0.5) is 18.9 Å². The molecule has 0 aliphatic heterocycles. The van der Waals surface area contributed by atoms with E-state index >= 15 is 0 Å². The average Bonchev–Trinajstić information content (AvgIpc) is 2.38. The molecule has 0 aliphatic carbocycles. The van der Waals surface area contributed by atoms with Crippen LogP contribution in [0, 0.1) is 24.4 Å². The molecule has 0 saturated heterocycles. The molecule has 0 aromatic heterocycles. The van der Waals surface area contributed by atoms with Crippen LogP contribution in [0.3, 0.4) is 0 Å². The van der Waals surface area contributed by atoms with Crippen LogP contribution in [0.2, 0.25) is 5.02 Å². The first-order valence-electron chi connectivity index (χ1n) is 6.06. The van der Waals surface area contributed by atoms with Crippen molar-refractivity contribution >= 4 is 17.3 Å². The first kappa shape index (κ1) is 14.7. The smallest absolute Gasteiger partial charge is 0.147 e. The maximum absolute atomic E-state index is 13.9. The fraction of sp³-hybridized carbons (Fsp3) is 0.200. The molecule has 2 aromatic rings. The van der Waals surface area contributed by atoms with E-state index in [2.05, 4.69) is 5.32 Å². The Bertz CT molecular complexity index is 623. The highest BCUT2D eigenvalue weighted by Crippen LogP contribution is 2.30. The summed E-state index contributed by atoms with van der Waals surface area (Å²) >= 11 is 5.89. The second-order valence-electron chi connectivity index (χ2n) is 4.59. The van der Waals surface area contributed by atoms with E-state index in [1.165, 1.54) is 25.1 Å². The number of aryl methyl sites for hydroxylation is 1. The Morgan fingerprint density at radius 1 is 1.05 bits per heavy atom. The van der Waals surface area contributed by atoms with Crippen LogP contribution in [-0.2, 0) is 0 Å². The van der Waals surface area contributed by atoms with Gasteiger partial charge in [0.1, 0.15) is 17.5 Å². The van der Waals surface area contributed by atoms with Gasteiger partial charge in [-0.15, -0.1) is 0 Å². The lowest BCUT2D eigenvalue weighted by Crippen LogP contribution is -2.11. The number of para-hydroxylation sites is 1. The lowest BCUT2D eigenvalue weighted by Gasteiger charge is -2.18. The average molecular weight is 300 g/mol. The molecule has 106 valence electrons. The molecule has 0 bridgehead atoms. The molecule has 2 rings (SSSR count). The molecule has 0 spiro atoms. The predicted octanol–water partition coefficient (Wildman–Crippen LogP) is 5.24. The Morgan fingerprint density at radius 3 is 2.40 bits per heavy atom. The van der Waals surface area contributed by atoms with Crippen LogP contribution in [0.5, 0.6) is 0 Å². The van der Waals surface area contributed by atoms with Crippen LogP contribution < -0.4 is 5.32 Å². The number of benzene rings is 2. The van der Waals surface area contributed by atoms with Gasteiger partial charge in [-0.25, -0.2) is 13.2 Å². The summed E-state index contributed by atoms with van der Waals surface area (Å²) in [4.78, 5) is 0. The summed E-state index contributed by atoms with van der Waals surface area (Å²) in [5.74, 6) is -1.59. The molecule has 5 heteroatoms. The van der Waals surface area contributed by atoms with Crippen LogP contribution in [0.25, 0.3) is 0 Å². The lowest BCUT2D eigenvalue weighted by atomic mass is 10.0. The Morgan fingerprint density at radius 2 is 1.75 bits per heavy atom. The molecule has 0 fully saturated rings. The molecule has 0 amide bonds. The highest BCUT2D eigenvalue weighted by Gasteiger charge is 2.16. The number of halogens is 4. The first-order chi connectivity index (χ1) is 9.40. The fourth-order valence-electron chi connectivity index (χ4n) is 1.92. The monoisotopic (exact) mass is 299 g/mol. The molecule has 20 heavy (non-hydrogen) atoms. The Balaban J connectivity index is 2.33. The van der Waals surface area contributed by atoms with Crippen LogP contribution in [0.15, 0.2) is 30.3 Å². The molecule has 1 unspecified atom stereocenters. The maximum Gasteiger partial charge on any atom is 0.147 e. The Labute approximate surface area is 120 Å². The van der Waals surface area contributed by atoms with Gasteiger partial charge in [0.05, 0.1) is 16.8 Å². The minimum absolute atomic E-state index is 0.0713. The lowest BCUT2D eigenvalue weighted by molar-refractivity contribution is 0.569. The van der Waals surface area contributed by atoms with E-state index in [0.717, 1.165) is 12.1 Å². The number of hydrogen-bond donors (Lipinski definition) is 1. The van der Waals surface area contributed by atoms with Gasteiger partial charge in [0.15, 0.2) is 0 Å². The van der Waals surface area contributed by atoms with Crippen LogP contribution >= 0.6 is 11.6 Å². The number of anilines is 1. The van der Waals surface area contributed by atoms with Gasteiger partial charge < -0.3 is 5.32 Å². The summed E-state index contributed by atoms with van der Waals surface area (Å²) in [5, 5.41) is 2.95. The maximum atomic E-state index is 13.9. The van der Waals surface area contributed by atoms with Crippen LogP contribution in [0.1, 0.15) is 24.1 Å². The fourth-order valence-corrected chi connectivity index (χ4v) is 2.14. The Hall–Kier alpha value is -1.68. The summed E-state index contributed by atoms with van der Waals surface area (Å²) in [5.41, 5.74) is 0.414. The van der Waals surface area contributed by atoms with Gasteiger partial charge in [0.25, 0.3) is 0 Å². The van der Waals surface area contributed by atoms with Crippen molar-refractivity contribution in [2.24, 2.45) is 0 Å². The molecule has 0 heterocycles. The summed E-state index contributed by atoms with van der Waals surface area (Å²) in [7, 11) is 0. The molecule has 0 aliphatic rings. The van der Waals surface area contributed by atoms with E-state index in [1.807, 2.05) is 0 Å². The summed E-state index contributed by atoms with van der Waals surface area (Å²) < 4.78 is 41.0. The topological polar surface area (TPSA) is 12.0 Å². The zero-order valence-corrected chi connectivity index (χ0v) is 11.7. The molecule has 0 radical (unpaired) electrons. The SMILES string of the molecule is Cc1cc(F)c(C(C)Nc2c(F)cccc2Cl)cc1F. The standard InChI is InChI=1S/C15H13ClF3N/c1-8-6-14(19)10(7-13(8)18)9(2)20-15-11(16)4-3-5-12(15)17/h3-7,9,20H,1-2H3. The molecule has 1 atom stereocenters. The van der Waals surface area contributed by atoms with E-state index in [4.69, 9.17) is 11.6 Å². The zero-order chi connectivity index (χ0) is 14.9. The second-order valence-corrected chi connectivity index (χ2v) is 4.99. The highest BCUT2D eigenvalue weighted by molar-refractivity contribution is 6.33. The van der Waals surface area contributed by atoms with Crippen LogP contribution in [-0.4, -0.2) is 0 Å². The van der Waals surface area contributed by atoms with Crippen molar-refractivity contribution < 1.29 is 13.2 Å². The molecule has 1 N–H and O–H groups in total. The third-order valence-corrected chi connectivity index (χ3v) is 3.38. The third-order valence-electron chi connectivity index (χ3n) is 3.07. The normalized spacial score (nSPS) is 12.3. The largest absolute Gasteiger partial charge is 0.375 e. The van der Waals surface area contributed by atoms with E-state index in [1.54, 1.807) is 6.92 Å². The van der Waals surface area contributed by atoms with Gasteiger partial charge in [-0.1, -0.05) is 17.7 Å². The van der Waals surface area contributed by atoms with E-state index in [9.17, 15) is 13.2 Å². The molecule has 2 aromatic carbocycles. The Kier molecular flexibility index (Phi) is 4.23. The molecular weight excluding hydrogens is 287 g/mol. The first-order valence-corrected chi connectivity index (χ1v) is 6.44. The minimum atomic E-state index is -0.625. The van der Waals surface area contributed by atoms with Gasteiger partial charge in [0.2, 0.25) is 0 Å². The van der Waals surface area contributed by atoms with E-state index < -0.39 is 23.5 Å². The van der Waals surface area contributed by atoms with Crippen molar-refractivity contribution in [1.82, 2.24) is 0 Å². The summed E-state index contributed by atoms with van der Waals surface area (Å²) in [6, 6.07) is 5.83. The van der Waals surface area contributed by atoms with Crippen molar-refractivity contribution in [3.63, 3.8) is 0 Å². The van der Waals surface area contributed by atoms with Gasteiger partial charge >= 0.3 is 0 Å². The van der Waals surface area contributed by atoms with Crippen molar-refractivity contribution in [2.75, 3.05) is 5.32 Å². The zero-order valence-electron chi connectivity index (χ0n) is 11.0. The number of nitrogens with one attached hydrogen (secondary N) is 1. The van der Waals surface area contributed by atoms with Crippen molar-refractivity contribution in [1.29, 1.82) is 0 Å². The van der Waals surface area contributed by atoms with E-state index in [0.29, 0.717) is 0 Å². The molecule has 1 nitrogen and oxygen atoms in total. The number of rotatable bonds is 3. The minimum Gasteiger partial charge on any atom is -0.375 e.